The van der Waals surface area contributed by atoms with Crippen LogP contribution in [-0.4, -0.2) is 39.5 Å². The molecule has 0 atom stereocenters. The van der Waals surface area contributed by atoms with Crippen molar-refractivity contribution >= 4 is 0 Å². The van der Waals surface area contributed by atoms with Crippen LogP contribution >= 0.6 is 0 Å². The zero-order valence-corrected chi connectivity index (χ0v) is 10.9. The number of hydrogen-bond acceptors (Lipinski definition) is 2. The first-order valence-electron chi connectivity index (χ1n) is 6.46. The predicted molar refractivity (Wildman–Crippen MR) is 69.7 cm³/mol. The van der Waals surface area contributed by atoms with Crippen molar-refractivity contribution < 1.29 is 14.4 Å². The number of hydrogen-bond donors (Lipinski definition) is 1. The largest absolute Gasteiger partial charge is 0.491 e. The molecule has 1 N–H and O–H groups in total. The van der Waals surface area contributed by atoms with Crippen molar-refractivity contribution in [3.8, 4) is 5.75 Å². The predicted octanol–water partition coefficient (Wildman–Crippen LogP) is 1.01. The first-order chi connectivity index (χ1) is 8.36. The molecule has 1 aromatic carbocycles. The zero-order chi connectivity index (χ0) is 12.3. The van der Waals surface area contributed by atoms with Gasteiger partial charge in [0.25, 0.3) is 0 Å². The number of benzene rings is 1. The van der Waals surface area contributed by atoms with Crippen LogP contribution in [0.3, 0.4) is 0 Å². The molecule has 3 nitrogen and oxygen atoms in total. The van der Waals surface area contributed by atoms with Crippen LogP contribution in [0.1, 0.15) is 13.8 Å². The van der Waals surface area contributed by atoms with Gasteiger partial charge in [-0.3, -0.25) is 0 Å². The van der Waals surface area contributed by atoms with Crippen molar-refractivity contribution in [2.24, 2.45) is 0 Å². The summed E-state index contributed by atoms with van der Waals surface area (Å²) in [5.41, 5.74) is 0. The zero-order valence-electron chi connectivity index (χ0n) is 10.9. The normalized spacial score (nSPS) is 10.8. The molecule has 0 aliphatic carbocycles. The van der Waals surface area contributed by atoms with E-state index < -0.39 is 0 Å². The second kappa shape index (κ2) is 9.02. The Morgan fingerprint density at radius 2 is 1.65 bits per heavy atom. The Morgan fingerprint density at radius 3 is 2.29 bits per heavy atom. The minimum Gasteiger partial charge on any atom is -0.491 e. The fraction of sp³-hybridized carbons (Fsp3) is 0.571. The minimum atomic E-state index is 0.623. The van der Waals surface area contributed by atoms with Crippen molar-refractivity contribution in [3.63, 3.8) is 0 Å². The van der Waals surface area contributed by atoms with Gasteiger partial charge < -0.3 is 14.4 Å². The van der Waals surface area contributed by atoms with Crippen molar-refractivity contribution in [2.45, 2.75) is 13.8 Å². The van der Waals surface area contributed by atoms with Gasteiger partial charge in [0.2, 0.25) is 0 Å². The maximum Gasteiger partial charge on any atom is 0.119 e. The number of rotatable bonds is 9. The van der Waals surface area contributed by atoms with Crippen LogP contribution in [0.5, 0.6) is 5.75 Å². The minimum absolute atomic E-state index is 0.623. The molecule has 0 aromatic heterocycles. The number of likely N-dealkylation sites (N-methyl/N-ethyl adjacent to an activating group) is 1. The third-order valence-corrected chi connectivity index (χ3v) is 2.84. The summed E-state index contributed by atoms with van der Waals surface area (Å²) in [6.45, 7) is 9.93. The molecule has 17 heavy (non-hydrogen) atoms. The maximum atomic E-state index is 5.54. The maximum absolute atomic E-state index is 5.54. The van der Waals surface area contributed by atoms with Crippen LogP contribution < -0.4 is 9.64 Å². The van der Waals surface area contributed by atoms with Crippen LogP contribution in [0.25, 0.3) is 0 Å². The van der Waals surface area contributed by atoms with E-state index in [4.69, 9.17) is 9.47 Å². The fourth-order valence-corrected chi connectivity index (χ4v) is 1.66. The number of ether oxygens (including phenoxy) is 2. The summed E-state index contributed by atoms with van der Waals surface area (Å²) in [6.07, 6.45) is 0. The van der Waals surface area contributed by atoms with Crippen LogP contribution in [0.4, 0.5) is 0 Å². The van der Waals surface area contributed by atoms with Gasteiger partial charge in [-0.15, -0.1) is 0 Å². The average Bonchev–Trinajstić information content (AvgIpc) is 2.39. The molecule has 0 unspecified atom stereocenters. The molecule has 0 radical (unpaired) electrons. The standard InChI is InChI=1S/C14H23NO2/c1-3-15(4-2)10-11-16-12-13-17-14-8-6-5-7-9-14/h5-9H,3-4,10-13H2,1-2H3/p+1. The highest BCUT2D eigenvalue weighted by Crippen LogP contribution is 2.07. The van der Waals surface area contributed by atoms with Crippen molar-refractivity contribution in [1.82, 2.24) is 0 Å². The Labute approximate surface area is 104 Å². The van der Waals surface area contributed by atoms with Gasteiger partial charge in [-0.2, -0.15) is 0 Å². The third-order valence-electron chi connectivity index (χ3n) is 2.84. The van der Waals surface area contributed by atoms with Gasteiger partial charge in [0.1, 0.15) is 18.9 Å². The van der Waals surface area contributed by atoms with E-state index in [0.717, 1.165) is 18.9 Å². The molecular formula is C14H24NO2+. The van der Waals surface area contributed by atoms with Gasteiger partial charge in [-0.25, -0.2) is 0 Å². The summed E-state index contributed by atoms with van der Waals surface area (Å²) in [7, 11) is 0. The fourth-order valence-electron chi connectivity index (χ4n) is 1.66. The molecule has 0 aliphatic heterocycles. The van der Waals surface area contributed by atoms with E-state index in [0.29, 0.717) is 13.2 Å². The molecule has 0 bridgehead atoms. The van der Waals surface area contributed by atoms with E-state index in [1.807, 2.05) is 30.3 Å². The molecule has 0 saturated carbocycles. The number of para-hydroxylation sites is 1. The Bertz CT molecular complexity index is 273. The molecule has 0 amide bonds. The summed E-state index contributed by atoms with van der Waals surface area (Å²) in [5.74, 6) is 0.908. The van der Waals surface area contributed by atoms with Gasteiger partial charge in [0.15, 0.2) is 0 Å². The SMILES string of the molecule is CC[NH+](CC)CCOCCOc1ccccc1. The third kappa shape index (κ3) is 6.29. The summed E-state index contributed by atoms with van der Waals surface area (Å²) in [5, 5.41) is 0. The lowest BCUT2D eigenvalue weighted by Crippen LogP contribution is -3.11. The van der Waals surface area contributed by atoms with E-state index in [9.17, 15) is 0 Å². The van der Waals surface area contributed by atoms with Crippen LogP contribution in [0.2, 0.25) is 0 Å². The second-order valence-electron chi connectivity index (χ2n) is 3.98. The lowest BCUT2D eigenvalue weighted by molar-refractivity contribution is -0.896. The van der Waals surface area contributed by atoms with E-state index in [1.54, 1.807) is 4.90 Å². The van der Waals surface area contributed by atoms with E-state index in [2.05, 4.69) is 13.8 Å². The molecule has 0 saturated heterocycles. The van der Waals surface area contributed by atoms with Gasteiger partial charge in [0.05, 0.1) is 26.3 Å². The van der Waals surface area contributed by atoms with Gasteiger partial charge in [-0.05, 0) is 26.0 Å². The topological polar surface area (TPSA) is 22.9 Å². The van der Waals surface area contributed by atoms with Gasteiger partial charge in [-0.1, -0.05) is 18.2 Å². The van der Waals surface area contributed by atoms with Crippen LogP contribution in [0.15, 0.2) is 30.3 Å². The van der Waals surface area contributed by atoms with E-state index in [-0.39, 0.29) is 0 Å². The monoisotopic (exact) mass is 238 g/mol. The lowest BCUT2D eigenvalue weighted by Gasteiger charge is -2.15. The summed E-state index contributed by atoms with van der Waals surface area (Å²) >= 11 is 0. The number of nitrogens with one attached hydrogen (secondary N) is 1. The molecule has 96 valence electrons. The average molecular weight is 238 g/mol. The first-order valence-corrected chi connectivity index (χ1v) is 6.46. The van der Waals surface area contributed by atoms with Crippen molar-refractivity contribution in [2.75, 3.05) is 39.5 Å². The first kappa shape index (κ1) is 14.0. The Morgan fingerprint density at radius 1 is 0.941 bits per heavy atom. The molecule has 3 heteroatoms. The lowest BCUT2D eigenvalue weighted by atomic mass is 10.3. The summed E-state index contributed by atoms with van der Waals surface area (Å²) in [4.78, 5) is 1.58. The number of quaternary nitrogens is 1. The van der Waals surface area contributed by atoms with Crippen LogP contribution in [-0.2, 0) is 4.74 Å². The Kier molecular flexibility index (Phi) is 7.43. The highest BCUT2D eigenvalue weighted by atomic mass is 16.5. The highest BCUT2D eigenvalue weighted by molar-refractivity contribution is 5.20. The van der Waals surface area contributed by atoms with E-state index >= 15 is 0 Å². The molecule has 1 rings (SSSR count). The van der Waals surface area contributed by atoms with Gasteiger partial charge >= 0.3 is 0 Å². The summed E-state index contributed by atoms with van der Waals surface area (Å²) < 4.78 is 11.1. The van der Waals surface area contributed by atoms with Gasteiger partial charge in [0, 0.05) is 0 Å². The Hall–Kier alpha value is -1.06. The smallest absolute Gasteiger partial charge is 0.119 e. The molecule has 0 aliphatic rings. The highest BCUT2D eigenvalue weighted by Gasteiger charge is 2.01. The molecule has 0 spiro atoms. The van der Waals surface area contributed by atoms with Crippen LogP contribution in [0, 0.1) is 0 Å². The molecule has 0 fully saturated rings. The molecule has 1 aromatic rings. The Balaban J connectivity index is 1.98. The quantitative estimate of drug-likeness (QED) is 0.649. The molecule has 0 heterocycles. The molecular weight excluding hydrogens is 214 g/mol. The van der Waals surface area contributed by atoms with Crippen molar-refractivity contribution in [3.05, 3.63) is 30.3 Å². The van der Waals surface area contributed by atoms with Crippen molar-refractivity contribution in [1.29, 1.82) is 0 Å². The van der Waals surface area contributed by atoms with E-state index in [1.165, 1.54) is 13.1 Å². The summed E-state index contributed by atoms with van der Waals surface area (Å²) in [6, 6.07) is 9.84. The second-order valence-corrected chi connectivity index (χ2v) is 3.98.